The van der Waals surface area contributed by atoms with Crippen molar-refractivity contribution in [2.75, 3.05) is 18.9 Å². The summed E-state index contributed by atoms with van der Waals surface area (Å²) < 4.78 is 7.53. The second kappa shape index (κ2) is 5.79. The molecule has 0 amide bonds. The fraction of sp³-hybridized carbons (Fsp3) is 0.417. The van der Waals surface area contributed by atoms with E-state index in [1.165, 1.54) is 0 Å². The van der Waals surface area contributed by atoms with Crippen LogP contribution in [0.5, 0.6) is 0 Å². The van der Waals surface area contributed by atoms with Crippen LogP contribution in [0, 0.1) is 6.92 Å². The highest BCUT2D eigenvalue weighted by molar-refractivity contribution is 9.10. The van der Waals surface area contributed by atoms with Gasteiger partial charge in [0.1, 0.15) is 5.65 Å². The molecule has 2 N–H and O–H groups in total. The topological polar surface area (TPSA) is 83.0 Å². The lowest BCUT2D eigenvalue weighted by atomic mass is 10.2. The number of ether oxygens (including phenoxy) is 1. The molecule has 0 radical (unpaired) electrons. The molecule has 0 aromatic carbocycles. The SMILES string of the molecule is Br.Cc1nc(N)nc2c1cc(Br)c(=O)n2[C@H]1CCOC1. The predicted octanol–water partition coefficient (Wildman–Crippen LogP) is 1.98. The van der Waals surface area contributed by atoms with Gasteiger partial charge >= 0.3 is 0 Å². The van der Waals surface area contributed by atoms with Crippen LogP contribution in [-0.2, 0) is 4.74 Å². The molecule has 1 aliphatic rings. The Kier molecular flexibility index (Phi) is 4.46. The molecule has 0 aliphatic carbocycles. The average Bonchev–Trinajstić information content (AvgIpc) is 2.85. The summed E-state index contributed by atoms with van der Waals surface area (Å²) in [5, 5.41) is 0.826. The monoisotopic (exact) mass is 404 g/mol. The lowest BCUT2D eigenvalue weighted by Gasteiger charge is -2.16. The van der Waals surface area contributed by atoms with Crippen LogP contribution in [0.15, 0.2) is 15.3 Å². The molecule has 1 fully saturated rings. The minimum atomic E-state index is -0.111. The number of hydrogen-bond donors (Lipinski definition) is 1. The molecule has 1 aliphatic heterocycles. The van der Waals surface area contributed by atoms with Crippen LogP contribution in [-0.4, -0.2) is 27.7 Å². The van der Waals surface area contributed by atoms with E-state index in [9.17, 15) is 4.79 Å². The second-order valence-electron chi connectivity index (χ2n) is 4.59. The van der Waals surface area contributed by atoms with Gasteiger partial charge in [-0.15, -0.1) is 17.0 Å². The molecular weight excluding hydrogens is 392 g/mol. The van der Waals surface area contributed by atoms with E-state index in [2.05, 4.69) is 25.9 Å². The molecule has 3 heterocycles. The standard InChI is InChI=1S/C12H13BrN4O2.BrH/c1-6-8-4-9(13)11(18)17(7-2-3-19-5-7)10(8)16-12(14)15-6;/h4,7H,2-3,5H2,1H3,(H2,14,15,16);1H/t7-;/m0./s1. The fourth-order valence-electron chi connectivity index (χ4n) is 2.40. The third-order valence-electron chi connectivity index (χ3n) is 3.33. The van der Waals surface area contributed by atoms with E-state index in [0.29, 0.717) is 23.3 Å². The Morgan fingerprint density at radius 3 is 2.90 bits per heavy atom. The summed E-state index contributed by atoms with van der Waals surface area (Å²) in [6, 6.07) is 1.75. The Hall–Kier alpha value is -0.990. The highest BCUT2D eigenvalue weighted by atomic mass is 79.9. The minimum Gasteiger partial charge on any atom is -0.379 e. The molecule has 0 bridgehead atoms. The number of nitrogens with two attached hydrogens (primary N) is 1. The Balaban J connectivity index is 0.00000147. The molecule has 0 spiro atoms. The smallest absolute Gasteiger partial charge is 0.266 e. The number of hydrogen-bond acceptors (Lipinski definition) is 5. The summed E-state index contributed by atoms with van der Waals surface area (Å²) in [5.41, 5.74) is 6.93. The van der Waals surface area contributed by atoms with Crippen LogP contribution >= 0.6 is 32.9 Å². The normalized spacial score (nSPS) is 18.2. The van der Waals surface area contributed by atoms with Crippen molar-refractivity contribution in [3.05, 3.63) is 26.6 Å². The van der Waals surface area contributed by atoms with Crippen LogP contribution in [0.4, 0.5) is 5.95 Å². The average molecular weight is 406 g/mol. The zero-order chi connectivity index (χ0) is 13.6. The maximum Gasteiger partial charge on any atom is 0.266 e. The van der Waals surface area contributed by atoms with Crippen molar-refractivity contribution in [3.8, 4) is 0 Å². The van der Waals surface area contributed by atoms with Gasteiger partial charge in [0.05, 0.1) is 22.8 Å². The first-order valence-electron chi connectivity index (χ1n) is 6.00. The second-order valence-corrected chi connectivity index (χ2v) is 5.44. The van der Waals surface area contributed by atoms with Crippen molar-refractivity contribution < 1.29 is 4.74 Å². The van der Waals surface area contributed by atoms with Gasteiger partial charge in [0.2, 0.25) is 5.95 Å². The summed E-state index contributed by atoms with van der Waals surface area (Å²) in [6.07, 6.45) is 0.800. The molecule has 8 heteroatoms. The number of anilines is 1. The van der Waals surface area contributed by atoms with Gasteiger partial charge < -0.3 is 10.5 Å². The Morgan fingerprint density at radius 1 is 1.50 bits per heavy atom. The van der Waals surface area contributed by atoms with Crippen LogP contribution in [0.3, 0.4) is 0 Å². The molecule has 0 saturated carbocycles. The number of rotatable bonds is 1. The third kappa shape index (κ3) is 2.47. The zero-order valence-corrected chi connectivity index (χ0v) is 14.1. The van der Waals surface area contributed by atoms with E-state index in [0.717, 1.165) is 17.5 Å². The van der Waals surface area contributed by atoms with E-state index in [-0.39, 0.29) is 34.5 Å². The first-order valence-corrected chi connectivity index (χ1v) is 6.80. The highest BCUT2D eigenvalue weighted by Crippen LogP contribution is 2.25. The van der Waals surface area contributed by atoms with Gasteiger partial charge in [-0.1, -0.05) is 0 Å². The van der Waals surface area contributed by atoms with E-state index >= 15 is 0 Å². The predicted molar refractivity (Wildman–Crippen MR) is 85.4 cm³/mol. The maximum atomic E-state index is 12.4. The van der Waals surface area contributed by atoms with Gasteiger partial charge in [-0.3, -0.25) is 9.36 Å². The van der Waals surface area contributed by atoms with Gasteiger partial charge in [0.15, 0.2) is 0 Å². The van der Waals surface area contributed by atoms with Crippen molar-refractivity contribution in [2.45, 2.75) is 19.4 Å². The lowest BCUT2D eigenvalue weighted by molar-refractivity contribution is 0.186. The molecule has 3 rings (SSSR count). The molecule has 108 valence electrons. The molecule has 2 aromatic heterocycles. The van der Waals surface area contributed by atoms with Gasteiger partial charge in [0.25, 0.3) is 5.56 Å². The first-order chi connectivity index (χ1) is 9.08. The third-order valence-corrected chi connectivity index (χ3v) is 3.89. The Labute approximate surface area is 134 Å². The minimum absolute atomic E-state index is 0. The summed E-state index contributed by atoms with van der Waals surface area (Å²) >= 11 is 3.31. The van der Waals surface area contributed by atoms with Crippen LogP contribution < -0.4 is 11.3 Å². The van der Waals surface area contributed by atoms with Gasteiger partial charge in [-0.05, 0) is 35.3 Å². The summed E-state index contributed by atoms with van der Waals surface area (Å²) in [4.78, 5) is 20.7. The number of nitrogen functional groups attached to an aromatic ring is 1. The largest absolute Gasteiger partial charge is 0.379 e. The Bertz CT molecular complexity index is 711. The number of aryl methyl sites for hydroxylation is 1. The summed E-state index contributed by atoms with van der Waals surface area (Å²) in [5.74, 6) is 0.180. The number of aromatic nitrogens is 3. The van der Waals surface area contributed by atoms with Gasteiger partial charge in [-0.25, -0.2) is 4.98 Å². The molecule has 1 atom stereocenters. The van der Waals surface area contributed by atoms with E-state index in [1.54, 1.807) is 10.6 Å². The Morgan fingerprint density at radius 2 is 2.25 bits per heavy atom. The number of pyridine rings is 1. The van der Waals surface area contributed by atoms with Crippen LogP contribution in [0.1, 0.15) is 18.2 Å². The molecule has 0 unspecified atom stereocenters. The highest BCUT2D eigenvalue weighted by Gasteiger charge is 2.23. The number of fused-ring (bicyclic) bond motifs is 1. The zero-order valence-electron chi connectivity index (χ0n) is 10.8. The van der Waals surface area contributed by atoms with Crippen molar-refractivity contribution in [2.24, 2.45) is 0 Å². The number of halogens is 2. The molecule has 20 heavy (non-hydrogen) atoms. The molecule has 1 saturated heterocycles. The van der Waals surface area contributed by atoms with Gasteiger partial charge in [-0.2, -0.15) is 4.98 Å². The van der Waals surface area contributed by atoms with Crippen molar-refractivity contribution in [1.29, 1.82) is 0 Å². The summed E-state index contributed by atoms with van der Waals surface area (Å²) in [6.45, 7) is 3.03. The van der Waals surface area contributed by atoms with E-state index < -0.39 is 0 Å². The van der Waals surface area contributed by atoms with Crippen LogP contribution in [0.2, 0.25) is 0 Å². The van der Waals surface area contributed by atoms with Gasteiger partial charge in [0, 0.05) is 12.0 Å². The van der Waals surface area contributed by atoms with E-state index in [1.807, 2.05) is 6.92 Å². The summed E-state index contributed by atoms with van der Waals surface area (Å²) in [7, 11) is 0. The van der Waals surface area contributed by atoms with Crippen LogP contribution in [0.25, 0.3) is 11.0 Å². The van der Waals surface area contributed by atoms with Crippen molar-refractivity contribution in [1.82, 2.24) is 14.5 Å². The molecule has 6 nitrogen and oxygen atoms in total. The number of nitrogens with zero attached hydrogens (tertiary/aromatic N) is 3. The molecular formula is C12H14Br2N4O2. The van der Waals surface area contributed by atoms with Crippen molar-refractivity contribution >= 4 is 49.9 Å². The van der Waals surface area contributed by atoms with E-state index in [4.69, 9.17) is 10.5 Å². The first kappa shape index (κ1) is 15.4. The fourth-order valence-corrected chi connectivity index (χ4v) is 2.82. The quantitative estimate of drug-likeness (QED) is 0.784. The maximum absolute atomic E-state index is 12.4. The lowest BCUT2D eigenvalue weighted by Crippen LogP contribution is -2.27. The van der Waals surface area contributed by atoms with Crippen molar-refractivity contribution in [3.63, 3.8) is 0 Å². The molecule has 2 aromatic rings.